The van der Waals surface area contributed by atoms with E-state index in [1.165, 1.54) is 6.26 Å². The second-order valence-electron chi connectivity index (χ2n) is 6.10. The van der Waals surface area contributed by atoms with Crippen LogP contribution in [0.2, 0.25) is 0 Å². The Balaban J connectivity index is 1.47. The SMILES string of the molecule is O=C(Nc1ccc(Oc2ccccc2)cc1)C1=Cc2cc(Br)ccc2OC=C1. The predicted octanol–water partition coefficient (Wildman–Crippen LogP) is 6.17. The van der Waals surface area contributed by atoms with Crippen LogP contribution in [0.1, 0.15) is 5.56 Å². The van der Waals surface area contributed by atoms with Gasteiger partial charge in [-0.05, 0) is 66.7 Å². The molecule has 138 valence electrons. The first-order valence-electron chi connectivity index (χ1n) is 8.66. The van der Waals surface area contributed by atoms with Gasteiger partial charge in [-0.15, -0.1) is 0 Å². The fraction of sp³-hybridized carbons (Fsp3) is 0. The number of ether oxygens (including phenoxy) is 2. The van der Waals surface area contributed by atoms with E-state index in [1.54, 1.807) is 24.3 Å². The maximum atomic E-state index is 12.7. The van der Waals surface area contributed by atoms with Gasteiger partial charge in [0.25, 0.3) is 5.91 Å². The van der Waals surface area contributed by atoms with Crippen LogP contribution in [0.4, 0.5) is 5.69 Å². The van der Waals surface area contributed by atoms with Crippen LogP contribution in [0.25, 0.3) is 6.08 Å². The molecule has 3 aromatic carbocycles. The number of hydrogen-bond donors (Lipinski definition) is 1. The third kappa shape index (κ3) is 4.32. The zero-order chi connectivity index (χ0) is 19.3. The molecule has 28 heavy (non-hydrogen) atoms. The molecule has 4 rings (SSSR count). The second-order valence-corrected chi connectivity index (χ2v) is 7.01. The monoisotopic (exact) mass is 433 g/mol. The number of hydrogen-bond acceptors (Lipinski definition) is 3. The summed E-state index contributed by atoms with van der Waals surface area (Å²) in [6.07, 6.45) is 4.96. The molecule has 3 aromatic rings. The minimum Gasteiger partial charge on any atom is -0.464 e. The van der Waals surface area contributed by atoms with Crippen LogP contribution >= 0.6 is 15.9 Å². The largest absolute Gasteiger partial charge is 0.464 e. The molecule has 0 aromatic heterocycles. The zero-order valence-corrected chi connectivity index (χ0v) is 16.3. The highest BCUT2D eigenvalue weighted by atomic mass is 79.9. The van der Waals surface area contributed by atoms with Crippen molar-refractivity contribution in [2.75, 3.05) is 5.32 Å². The van der Waals surface area contributed by atoms with E-state index in [4.69, 9.17) is 9.47 Å². The van der Waals surface area contributed by atoms with E-state index in [0.717, 1.165) is 15.8 Å². The van der Waals surface area contributed by atoms with Gasteiger partial charge in [0.1, 0.15) is 17.2 Å². The van der Waals surface area contributed by atoms with Gasteiger partial charge in [0.15, 0.2) is 0 Å². The minimum absolute atomic E-state index is 0.218. The molecule has 4 nitrogen and oxygen atoms in total. The predicted molar refractivity (Wildman–Crippen MR) is 113 cm³/mol. The number of rotatable bonds is 4. The van der Waals surface area contributed by atoms with Gasteiger partial charge in [-0.3, -0.25) is 4.79 Å². The van der Waals surface area contributed by atoms with Crippen molar-refractivity contribution in [3.63, 3.8) is 0 Å². The lowest BCUT2D eigenvalue weighted by Gasteiger charge is -2.08. The third-order valence-electron chi connectivity index (χ3n) is 4.08. The van der Waals surface area contributed by atoms with E-state index in [2.05, 4.69) is 21.2 Å². The molecule has 0 fully saturated rings. The van der Waals surface area contributed by atoms with E-state index in [0.29, 0.717) is 22.8 Å². The lowest BCUT2D eigenvalue weighted by molar-refractivity contribution is -0.112. The van der Waals surface area contributed by atoms with Gasteiger partial charge in [0.2, 0.25) is 0 Å². The molecule has 1 N–H and O–H groups in total. The molecule has 0 aliphatic carbocycles. The first-order chi connectivity index (χ1) is 13.7. The number of anilines is 1. The summed E-state index contributed by atoms with van der Waals surface area (Å²) in [6.45, 7) is 0. The molecule has 1 aliphatic rings. The molecular weight excluding hydrogens is 418 g/mol. The number of para-hydroxylation sites is 1. The molecule has 1 amide bonds. The summed E-state index contributed by atoms with van der Waals surface area (Å²) in [5.41, 5.74) is 2.01. The Morgan fingerprint density at radius 1 is 0.929 bits per heavy atom. The van der Waals surface area contributed by atoms with E-state index in [-0.39, 0.29) is 5.91 Å². The first-order valence-corrected chi connectivity index (χ1v) is 9.45. The molecule has 0 atom stereocenters. The molecule has 0 saturated heterocycles. The molecule has 0 spiro atoms. The van der Waals surface area contributed by atoms with Crippen molar-refractivity contribution in [1.29, 1.82) is 0 Å². The van der Waals surface area contributed by atoms with Gasteiger partial charge in [0, 0.05) is 21.3 Å². The number of carbonyl (C=O) groups excluding carboxylic acids is 1. The molecule has 5 heteroatoms. The van der Waals surface area contributed by atoms with Crippen LogP contribution in [0.5, 0.6) is 17.2 Å². The smallest absolute Gasteiger partial charge is 0.255 e. The maximum Gasteiger partial charge on any atom is 0.255 e. The second kappa shape index (κ2) is 8.15. The van der Waals surface area contributed by atoms with Crippen molar-refractivity contribution in [1.82, 2.24) is 0 Å². The van der Waals surface area contributed by atoms with Gasteiger partial charge in [-0.25, -0.2) is 0 Å². The van der Waals surface area contributed by atoms with E-state index in [1.807, 2.05) is 60.7 Å². The van der Waals surface area contributed by atoms with Crippen LogP contribution in [-0.4, -0.2) is 5.91 Å². The number of carbonyl (C=O) groups is 1. The fourth-order valence-electron chi connectivity index (χ4n) is 2.71. The van der Waals surface area contributed by atoms with Crippen LogP contribution < -0.4 is 14.8 Å². The van der Waals surface area contributed by atoms with Crippen molar-refractivity contribution in [3.05, 3.63) is 101 Å². The zero-order valence-electron chi connectivity index (χ0n) is 14.8. The van der Waals surface area contributed by atoms with Crippen LogP contribution in [0, 0.1) is 0 Å². The van der Waals surface area contributed by atoms with Gasteiger partial charge >= 0.3 is 0 Å². The average molecular weight is 434 g/mol. The first kappa shape index (κ1) is 18.1. The summed E-state index contributed by atoms with van der Waals surface area (Å²) >= 11 is 3.44. The topological polar surface area (TPSA) is 47.6 Å². The number of fused-ring (bicyclic) bond motifs is 1. The van der Waals surface area contributed by atoms with Crippen molar-refractivity contribution in [2.45, 2.75) is 0 Å². The highest BCUT2D eigenvalue weighted by molar-refractivity contribution is 9.10. The molecule has 0 radical (unpaired) electrons. The number of nitrogens with one attached hydrogen (secondary N) is 1. The molecule has 1 heterocycles. The number of benzene rings is 3. The Kier molecular flexibility index (Phi) is 5.26. The lowest BCUT2D eigenvalue weighted by atomic mass is 10.1. The third-order valence-corrected chi connectivity index (χ3v) is 4.57. The molecule has 0 saturated carbocycles. The Labute approximate surface area is 171 Å². The van der Waals surface area contributed by atoms with Crippen molar-refractivity contribution < 1.29 is 14.3 Å². The highest BCUT2D eigenvalue weighted by Crippen LogP contribution is 2.28. The number of amides is 1. The van der Waals surface area contributed by atoms with Gasteiger partial charge in [-0.2, -0.15) is 0 Å². The summed E-state index contributed by atoms with van der Waals surface area (Å²) in [4.78, 5) is 12.7. The molecule has 1 aliphatic heterocycles. The van der Waals surface area contributed by atoms with Crippen LogP contribution in [0.15, 0.2) is 95.2 Å². The minimum atomic E-state index is -0.218. The Morgan fingerprint density at radius 3 is 2.46 bits per heavy atom. The van der Waals surface area contributed by atoms with Gasteiger partial charge in [-0.1, -0.05) is 34.1 Å². The van der Waals surface area contributed by atoms with E-state index >= 15 is 0 Å². The van der Waals surface area contributed by atoms with Crippen molar-refractivity contribution in [2.24, 2.45) is 0 Å². The highest BCUT2D eigenvalue weighted by Gasteiger charge is 2.13. The standard InChI is InChI=1S/C23H16BrNO3/c24-18-6-11-22-17(15-18)14-16(12-13-27-22)23(26)25-19-7-9-21(10-8-19)28-20-4-2-1-3-5-20/h1-15H,(H,25,26). The summed E-state index contributed by atoms with van der Waals surface area (Å²) < 4.78 is 12.2. The quantitative estimate of drug-likeness (QED) is 0.534. The lowest BCUT2D eigenvalue weighted by Crippen LogP contribution is -2.13. The van der Waals surface area contributed by atoms with Crippen molar-refractivity contribution in [3.8, 4) is 17.2 Å². The van der Waals surface area contributed by atoms with E-state index in [9.17, 15) is 4.79 Å². The van der Waals surface area contributed by atoms with Gasteiger partial charge in [0.05, 0.1) is 6.26 Å². The van der Waals surface area contributed by atoms with E-state index < -0.39 is 0 Å². The number of halogens is 1. The molecular formula is C23H16BrNO3. The molecule has 0 unspecified atom stereocenters. The summed E-state index contributed by atoms with van der Waals surface area (Å²) in [5.74, 6) is 1.94. The fourth-order valence-corrected chi connectivity index (χ4v) is 3.09. The summed E-state index contributed by atoms with van der Waals surface area (Å²) in [7, 11) is 0. The van der Waals surface area contributed by atoms with Crippen LogP contribution in [0.3, 0.4) is 0 Å². The Morgan fingerprint density at radius 2 is 1.68 bits per heavy atom. The Hall–Kier alpha value is -3.31. The molecule has 0 bridgehead atoms. The maximum absolute atomic E-state index is 12.7. The van der Waals surface area contributed by atoms with Gasteiger partial charge < -0.3 is 14.8 Å². The summed E-state index contributed by atoms with van der Waals surface area (Å²) in [6, 6.07) is 22.4. The normalized spacial score (nSPS) is 12.2. The van der Waals surface area contributed by atoms with Crippen LogP contribution in [-0.2, 0) is 4.79 Å². The van der Waals surface area contributed by atoms with Crippen molar-refractivity contribution >= 4 is 33.6 Å². The summed E-state index contributed by atoms with van der Waals surface area (Å²) in [5, 5.41) is 2.89. The Bertz CT molecular complexity index is 1060. The average Bonchev–Trinajstić information content (AvgIpc) is 2.92.